The molecule has 0 saturated carbocycles. The largest absolute Gasteiger partial charge is 0.416 e. The SMILES string of the molecule is Cc1cccc(Nc2ccccc2C(=O)Nc2ccc(C(F)(F)F)cc2)c1. The predicted octanol–water partition coefficient (Wildman–Crippen LogP) is 6.01. The maximum Gasteiger partial charge on any atom is 0.416 e. The second-order valence-corrected chi connectivity index (χ2v) is 6.07. The van der Waals surface area contributed by atoms with E-state index in [1.54, 1.807) is 24.3 Å². The van der Waals surface area contributed by atoms with Crippen LogP contribution in [0, 0.1) is 6.92 Å². The van der Waals surface area contributed by atoms with E-state index in [0.29, 0.717) is 16.9 Å². The molecule has 0 aliphatic carbocycles. The second-order valence-electron chi connectivity index (χ2n) is 6.07. The summed E-state index contributed by atoms with van der Waals surface area (Å²) in [6.07, 6.45) is -4.41. The van der Waals surface area contributed by atoms with Crippen LogP contribution < -0.4 is 10.6 Å². The molecule has 0 spiro atoms. The van der Waals surface area contributed by atoms with Crippen LogP contribution in [0.5, 0.6) is 0 Å². The molecule has 0 aliphatic heterocycles. The van der Waals surface area contributed by atoms with Gasteiger partial charge in [-0.2, -0.15) is 13.2 Å². The third-order valence-corrected chi connectivity index (χ3v) is 3.94. The smallest absolute Gasteiger partial charge is 0.355 e. The minimum Gasteiger partial charge on any atom is -0.355 e. The van der Waals surface area contributed by atoms with Crippen LogP contribution in [0.4, 0.5) is 30.2 Å². The number of alkyl halides is 3. The van der Waals surface area contributed by atoms with Crippen molar-refractivity contribution in [2.24, 2.45) is 0 Å². The molecular weight excluding hydrogens is 353 g/mol. The van der Waals surface area contributed by atoms with Crippen molar-refractivity contribution in [3.05, 3.63) is 89.5 Å². The highest BCUT2D eigenvalue weighted by molar-refractivity contribution is 6.08. The van der Waals surface area contributed by atoms with Gasteiger partial charge in [0, 0.05) is 11.4 Å². The van der Waals surface area contributed by atoms with E-state index in [1.165, 1.54) is 12.1 Å². The molecule has 3 aromatic rings. The zero-order valence-electron chi connectivity index (χ0n) is 14.5. The zero-order chi connectivity index (χ0) is 19.4. The van der Waals surface area contributed by atoms with E-state index in [1.807, 2.05) is 31.2 Å². The summed E-state index contributed by atoms with van der Waals surface area (Å²) in [4.78, 5) is 12.6. The number of halogens is 3. The summed E-state index contributed by atoms with van der Waals surface area (Å²) < 4.78 is 37.9. The molecule has 1 amide bonds. The van der Waals surface area contributed by atoms with Gasteiger partial charge < -0.3 is 10.6 Å². The Bertz CT molecular complexity index is 950. The van der Waals surface area contributed by atoms with Crippen molar-refractivity contribution in [2.75, 3.05) is 10.6 Å². The first-order valence-electron chi connectivity index (χ1n) is 8.24. The Labute approximate surface area is 154 Å². The fourth-order valence-electron chi connectivity index (χ4n) is 2.61. The van der Waals surface area contributed by atoms with Gasteiger partial charge in [0.2, 0.25) is 0 Å². The van der Waals surface area contributed by atoms with Crippen LogP contribution in [-0.2, 0) is 6.18 Å². The number of carbonyl (C=O) groups excluding carboxylic acids is 1. The fraction of sp³-hybridized carbons (Fsp3) is 0.0952. The summed E-state index contributed by atoms with van der Waals surface area (Å²) in [5.41, 5.74) is 2.43. The maximum atomic E-state index is 12.6. The molecule has 0 aliphatic rings. The van der Waals surface area contributed by atoms with Gasteiger partial charge in [0.25, 0.3) is 5.91 Å². The van der Waals surface area contributed by atoms with Crippen molar-refractivity contribution >= 4 is 23.0 Å². The van der Waals surface area contributed by atoms with Crippen molar-refractivity contribution < 1.29 is 18.0 Å². The van der Waals surface area contributed by atoms with Gasteiger partial charge in [-0.1, -0.05) is 24.3 Å². The summed E-state index contributed by atoms with van der Waals surface area (Å²) >= 11 is 0. The molecule has 27 heavy (non-hydrogen) atoms. The van der Waals surface area contributed by atoms with Crippen LogP contribution in [-0.4, -0.2) is 5.91 Å². The Kier molecular flexibility index (Phi) is 5.16. The minimum absolute atomic E-state index is 0.290. The lowest BCUT2D eigenvalue weighted by Gasteiger charge is -2.13. The van der Waals surface area contributed by atoms with Crippen molar-refractivity contribution in [1.29, 1.82) is 0 Å². The average Bonchev–Trinajstić information content (AvgIpc) is 2.62. The summed E-state index contributed by atoms with van der Waals surface area (Å²) in [6, 6.07) is 19.0. The highest BCUT2D eigenvalue weighted by Crippen LogP contribution is 2.30. The quantitative estimate of drug-likeness (QED) is 0.590. The van der Waals surface area contributed by atoms with Crippen LogP contribution >= 0.6 is 0 Å². The van der Waals surface area contributed by atoms with Crippen molar-refractivity contribution in [3.63, 3.8) is 0 Å². The number of para-hydroxylation sites is 1. The van der Waals surface area contributed by atoms with Gasteiger partial charge in [-0.15, -0.1) is 0 Å². The van der Waals surface area contributed by atoms with Gasteiger partial charge >= 0.3 is 6.18 Å². The van der Waals surface area contributed by atoms with Gasteiger partial charge in [-0.05, 0) is 61.0 Å². The third kappa shape index (κ3) is 4.67. The number of anilines is 3. The van der Waals surface area contributed by atoms with E-state index >= 15 is 0 Å². The number of rotatable bonds is 4. The number of carbonyl (C=O) groups is 1. The number of benzene rings is 3. The van der Waals surface area contributed by atoms with E-state index in [2.05, 4.69) is 10.6 Å². The molecule has 2 N–H and O–H groups in total. The Balaban J connectivity index is 1.79. The molecule has 0 aromatic heterocycles. The Morgan fingerprint density at radius 3 is 2.22 bits per heavy atom. The normalized spacial score (nSPS) is 11.1. The molecule has 0 radical (unpaired) electrons. The number of hydrogen-bond acceptors (Lipinski definition) is 2. The number of hydrogen-bond donors (Lipinski definition) is 2. The molecule has 138 valence electrons. The zero-order valence-corrected chi connectivity index (χ0v) is 14.5. The third-order valence-electron chi connectivity index (χ3n) is 3.94. The topological polar surface area (TPSA) is 41.1 Å². The van der Waals surface area contributed by atoms with Crippen LogP contribution in [0.3, 0.4) is 0 Å². The van der Waals surface area contributed by atoms with E-state index in [4.69, 9.17) is 0 Å². The van der Waals surface area contributed by atoms with E-state index < -0.39 is 17.6 Å². The van der Waals surface area contributed by atoms with Crippen molar-refractivity contribution in [3.8, 4) is 0 Å². The molecular formula is C21H17F3N2O. The van der Waals surface area contributed by atoms with Gasteiger partial charge in [0.15, 0.2) is 0 Å². The molecule has 3 rings (SSSR count). The number of aryl methyl sites for hydroxylation is 1. The lowest BCUT2D eigenvalue weighted by molar-refractivity contribution is -0.137. The molecule has 0 fully saturated rings. The van der Waals surface area contributed by atoms with E-state index in [9.17, 15) is 18.0 Å². The van der Waals surface area contributed by atoms with Gasteiger partial charge in [0.05, 0.1) is 16.8 Å². The predicted molar refractivity (Wildman–Crippen MR) is 100 cm³/mol. The Hall–Kier alpha value is -3.28. The van der Waals surface area contributed by atoms with E-state index in [0.717, 1.165) is 23.4 Å². The standard InChI is InChI=1S/C21H17F3N2O/c1-14-5-4-6-17(13-14)25-19-8-3-2-7-18(19)20(27)26-16-11-9-15(10-12-16)21(22,23)24/h2-13,25H,1H3,(H,26,27). The molecule has 0 atom stereocenters. The molecule has 0 bridgehead atoms. The summed E-state index contributed by atoms with van der Waals surface area (Å²) in [7, 11) is 0. The summed E-state index contributed by atoms with van der Waals surface area (Å²) in [6.45, 7) is 1.97. The fourth-order valence-corrected chi connectivity index (χ4v) is 2.61. The van der Waals surface area contributed by atoms with Crippen LogP contribution in [0.15, 0.2) is 72.8 Å². The lowest BCUT2D eigenvalue weighted by Crippen LogP contribution is -2.14. The molecule has 3 aromatic carbocycles. The van der Waals surface area contributed by atoms with Gasteiger partial charge in [-0.3, -0.25) is 4.79 Å². The first kappa shape index (κ1) is 18.5. The highest BCUT2D eigenvalue weighted by Gasteiger charge is 2.30. The number of nitrogens with one attached hydrogen (secondary N) is 2. The summed E-state index contributed by atoms with van der Waals surface area (Å²) in [5, 5.41) is 5.83. The van der Waals surface area contributed by atoms with Crippen LogP contribution in [0.25, 0.3) is 0 Å². The molecule has 6 heteroatoms. The first-order chi connectivity index (χ1) is 12.8. The van der Waals surface area contributed by atoms with Gasteiger partial charge in [0.1, 0.15) is 0 Å². The monoisotopic (exact) mass is 370 g/mol. The van der Waals surface area contributed by atoms with E-state index in [-0.39, 0.29) is 0 Å². The first-order valence-corrected chi connectivity index (χ1v) is 8.24. The summed E-state index contributed by atoms with van der Waals surface area (Å²) in [5.74, 6) is -0.412. The van der Waals surface area contributed by atoms with Crippen molar-refractivity contribution in [2.45, 2.75) is 13.1 Å². The molecule has 0 heterocycles. The minimum atomic E-state index is -4.41. The molecule has 0 saturated heterocycles. The Morgan fingerprint density at radius 1 is 0.852 bits per heavy atom. The number of amides is 1. The van der Waals surface area contributed by atoms with Gasteiger partial charge in [-0.25, -0.2) is 0 Å². The lowest BCUT2D eigenvalue weighted by atomic mass is 10.1. The maximum absolute atomic E-state index is 12.6. The molecule has 3 nitrogen and oxygen atoms in total. The Morgan fingerprint density at radius 2 is 1.56 bits per heavy atom. The van der Waals surface area contributed by atoms with Crippen LogP contribution in [0.2, 0.25) is 0 Å². The molecule has 0 unspecified atom stereocenters. The second kappa shape index (κ2) is 7.53. The average molecular weight is 370 g/mol. The highest BCUT2D eigenvalue weighted by atomic mass is 19.4. The van der Waals surface area contributed by atoms with Crippen LogP contribution in [0.1, 0.15) is 21.5 Å². The van der Waals surface area contributed by atoms with Crippen molar-refractivity contribution in [1.82, 2.24) is 0 Å².